The van der Waals surface area contributed by atoms with E-state index in [1.807, 2.05) is 11.0 Å². The maximum atomic E-state index is 14.0. The van der Waals surface area contributed by atoms with Gasteiger partial charge in [0.05, 0.1) is 5.41 Å². The first-order chi connectivity index (χ1) is 9.67. The molecule has 3 rings (SSSR count). The predicted molar refractivity (Wildman–Crippen MR) is 75.7 cm³/mol. The number of nitrogens with zero attached hydrogens (tertiary/aromatic N) is 1. The van der Waals surface area contributed by atoms with Gasteiger partial charge in [-0.15, -0.1) is 0 Å². The lowest BCUT2D eigenvalue weighted by molar-refractivity contribution is -0.135. The largest absolute Gasteiger partial charge is 0.342 e. The fourth-order valence-corrected chi connectivity index (χ4v) is 3.25. The number of benzene rings is 1. The molecule has 0 bridgehead atoms. The van der Waals surface area contributed by atoms with Gasteiger partial charge in [-0.2, -0.15) is 0 Å². The maximum Gasteiger partial charge on any atom is 0.233 e. The van der Waals surface area contributed by atoms with E-state index >= 15 is 0 Å². The second-order valence-electron chi connectivity index (χ2n) is 6.03. The average molecular weight is 276 g/mol. The average Bonchev–Trinajstić information content (AvgIpc) is 3.29. The standard InChI is InChI=1S/C16H21FN2O/c17-14-4-2-1-3-13(14)16(7-8-16)15(20)19-9-5-12(11-18)6-10-19/h1-4,12H,5-11,18H2. The molecule has 108 valence electrons. The van der Waals surface area contributed by atoms with Crippen molar-refractivity contribution < 1.29 is 9.18 Å². The minimum Gasteiger partial charge on any atom is -0.342 e. The van der Waals surface area contributed by atoms with Crippen LogP contribution in [0.15, 0.2) is 24.3 Å². The van der Waals surface area contributed by atoms with Crippen molar-refractivity contribution in [2.75, 3.05) is 19.6 Å². The van der Waals surface area contributed by atoms with E-state index in [-0.39, 0.29) is 11.7 Å². The van der Waals surface area contributed by atoms with E-state index in [0.717, 1.165) is 38.8 Å². The molecule has 0 atom stereocenters. The molecule has 2 aliphatic rings. The molecule has 1 saturated carbocycles. The zero-order valence-corrected chi connectivity index (χ0v) is 11.6. The quantitative estimate of drug-likeness (QED) is 0.918. The van der Waals surface area contributed by atoms with Crippen LogP contribution in [0.2, 0.25) is 0 Å². The van der Waals surface area contributed by atoms with E-state index in [9.17, 15) is 9.18 Å². The fraction of sp³-hybridized carbons (Fsp3) is 0.562. The molecule has 4 heteroatoms. The number of nitrogens with two attached hydrogens (primary N) is 1. The van der Waals surface area contributed by atoms with Crippen LogP contribution in [0.3, 0.4) is 0 Å². The third-order valence-electron chi connectivity index (χ3n) is 4.78. The molecule has 2 N–H and O–H groups in total. The van der Waals surface area contributed by atoms with Crippen LogP contribution in [0.5, 0.6) is 0 Å². The van der Waals surface area contributed by atoms with E-state index < -0.39 is 5.41 Å². The summed E-state index contributed by atoms with van der Waals surface area (Å²) in [5.74, 6) is 0.385. The summed E-state index contributed by atoms with van der Waals surface area (Å²) in [6.07, 6.45) is 3.47. The molecular formula is C16H21FN2O. The first-order valence-corrected chi connectivity index (χ1v) is 7.42. The summed E-state index contributed by atoms with van der Waals surface area (Å²) < 4.78 is 14.0. The number of piperidine rings is 1. The lowest BCUT2D eigenvalue weighted by Gasteiger charge is -2.34. The predicted octanol–water partition coefficient (Wildman–Crippen LogP) is 2.05. The third-order valence-corrected chi connectivity index (χ3v) is 4.78. The molecule has 1 aliphatic carbocycles. The lowest BCUT2D eigenvalue weighted by Crippen LogP contribution is -2.45. The Balaban J connectivity index is 1.76. The molecule has 1 aromatic rings. The van der Waals surface area contributed by atoms with Gasteiger partial charge < -0.3 is 10.6 Å². The molecule has 3 nitrogen and oxygen atoms in total. The first kappa shape index (κ1) is 13.6. The Bertz CT molecular complexity index is 505. The van der Waals surface area contributed by atoms with Crippen molar-refractivity contribution in [3.63, 3.8) is 0 Å². The number of carbonyl (C=O) groups excluding carboxylic acids is 1. The highest BCUT2D eigenvalue weighted by molar-refractivity contribution is 5.91. The number of likely N-dealkylation sites (tertiary alicyclic amines) is 1. The molecule has 2 fully saturated rings. The topological polar surface area (TPSA) is 46.3 Å². The summed E-state index contributed by atoms with van der Waals surface area (Å²) in [6, 6.07) is 6.69. The number of halogens is 1. The van der Waals surface area contributed by atoms with Gasteiger partial charge in [0.2, 0.25) is 5.91 Å². The number of hydrogen-bond donors (Lipinski definition) is 1. The van der Waals surface area contributed by atoms with Crippen LogP contribution in [0.1, 0.15) is 31.2 Å². The molecular weight excluding hydrogens is 255 g/mol. The molecule has 1 saturated heterocycles. The van der Waals surface area contributed by atoms with Crippen LogP contribution in [-0.2, 0) is 10.2 Å². The molecule has 1 aromatic carbocycles. The highest BCUT2D eigenvalue weighted by Gasteiger charge is 2.54. The summed E-state index contributed by atoms with van der Waals surface area (Å²) >= 11 is 0. The van der Waals surface area contributed by atoms with E-state index in [1.54, 1.807) is 12.1 Å². The van der Waals surface area contributed by atoms with Gasteiger partial charge in [-0.05, 0) is 44.2 Å². The minimum atomic E-state index is -0.582. The fourth-order valence-electron chi connectivity index (χ4n) is 3.25. The normalized spacial score (nSPS) is 21.8. The van der Waals surface area contributed by atoms with E-state index in [1.165, 1.54) is 6.07 Å². The van der Waals surface area contributed by atoms with Gasteiger partial charge in [-0.1, -0.05) is 18.2 Å². The maximum absolute atomic E-state index is 14.0. The molecule has 0 aromatic heterocycles. The van der Waals surface area contributed by atoms with E-state index in [2.05, 4.69) is 0 Å². The molecule has 1 heterocycles. The van der Waals surface area contributed by atoms with Crippen molar-refractivity contribution in [2.45, 2.75) is 31.1 Å². The Kier molecular flexibility index (Phi) is 3.50. The van der Waals surface area contributed by atoms with Crippen molar-refractivity contribution >= 4 is 5.91 Å². The van der Waals surface area contributed by atoms with Crippen molar-refractivity contribution in [1.82, 2.24) is 4.90 Å². The smallest absolute Gasteiger partial charge is 0.233 e. The second kappa shape index (κ2) is 5.17. The summed E-state index contributed by atoms with van der Waals surface area (Å²) in [5, 5.41) is 0. The van der Waals surface area contributed by atoms with Crippen molar-refractivity contribution in [2.24, 2.45) is 11.7 Å². The van der Waals surface area contributed by atoms with Gasteiger partial charge in [0, 0.05) is 18.7 Å². The Hall–Kier alpha value is -1.42. The first-order valence-electron chi connectivity index (χ1n) is 7.42. The summed E-state index contributed by atoms with van der Waals surface area (Å²) in [4.78, 5) is 14.7. The molecule has 0 spiro atoms. The molecule has 0 radical (unpaired) electrons. The third kappa shape index (κ3) is 2.22. The molecule has 0 unspecified atom stereocenters. The Morgan fingerprint density at radius 3 is 2.50 bits per heavy atom. The van der Waals surface area contributed by atoms with Crippen LogP contribution in [0.4, 0.5) is 4.39 Å². The van der Waals surface area contributed by atoms with Crippen LogP contribution in [0, 0.1) is 11.7 Å². The van der Waals surface area contributed by atoms with Gasteiger partial charge in [0.1, 0.15) is 5.82 Å². The Morgan fingerprint density at radius 2 is 1.95 bits per heavy atom. The van der Waals surface area contributed by atoms with Crippen molar-refractivity contribution in [3.8, 4) is 0 Å². The highest BCUT2D eigenvalue weighted by atomic mass is 19.1. The van der Waals surface area contributed by atoms with E-state index in [0.29, 0.717) is 18.0 Å². The van der Waals surface area contributed by atoms with Gasteiger partial charge >= 0.3 is 0 Å². The highest BCUT2D eigenvalue weighted by Crippen LogP contribution is 2.50. The van der Waals surface area contributed by atoms with Crippen LogP contribution >= 0.6 is 0 Å². The van der Waals surface area contributed by atoms with Gasteiger partial charge in [0.15, 0.2) is 0 Å². The Morgan fingerprint density at radius 1 is 1.30 bits per heavy atom. The monoisotopic (exact) mass is 276 g/mol. The molecule has 1 amide bonds. The van der Waals surface area contributed by atoms with Gasteiger partial charge in [-0.3, -0.25) is 4.79 Å². The Labute approximate surface area is 118 Å². The summed E-state index contributed by atoms with van der Waals surface area (Å²) in [7, 11) is 0. The number of rotatable bonds is 3. The van der Waals surface area contributed by atoms with Gasteiger partial charge in [-0.25, -0.2) is 4.39 Å². The number of hydrogen-bond acceptors (Lipinski definition) is 2. The number of carbonyl (C=O) groups is 1. The van der Waals surface area contributed by atoms with E-state index in [4.69, 9.17) is 5.73 Å². The van der Waals surface area contributed by atoms with Gasteiger partial charge in [0.25, 0.3) is 0 Å². The lowest BCUT2D eigenvalue weighted by atomic mass is 9.91. The zero-order chi connectivity index (χ0) is 14.2. The minimum absolute atomic E-state index is 0.109. The SMILES string of the molecule is NCC1CCN(C(=O)C2(c3ccccc3F)CC2)CC1. The zero-order valence-electron chi connectivity index (χ0n) is 11.6. The summed E-state index contributed by atoms with van der Waals surface area (Å²) in [6.45, 7) is 2.22. The van der Waals surface area contributed by atoms with Crippen molar-refractivity contribution in [3.05, 3.63) is 35.6 Å². The summed E-state index contributed by atoms with van der Waals surface area (Å²) in [5.41, 5.74) is 5.67. The number of amides is 1. The van der Waals surface area contributed by atoms with Crippen LogP contribution < -0.4 is 5.73 Å². The molecule has 1 aliphatic heterocycles. The van der Waals surface area contributed by atoms with Crippen LogP contribution in [-0.4, -0.2) is 30.4 Å². The van der Waals surface area contributed by atoms with Crippen LogP contribution in [0.25, 0.3) is 0 Å². The van der Waals surface area contributed by atoms with Crippen molar-refractivity contribution in [1.29, 1.82) is 0 Å². The molecule has 20 heavy (non-hydrogen) atoms. The second-order valence-corrected chi connectivity index (χ2v) is 6.03.